The molecule has 0 radical (unpaired) electrons. The van der Waals surface area contributed by atoms with Crippen LogP contribution in [0.3, 0.4) is 0 Å². The largest absolute Gasteiger partial charge is 0.351 e. The maximum absolute atomic E-state index is 13.2. The Bertz CT molecular complexity index is 2520. The van der Waals surface area contributed by atoms with Gasteiger partial charge in [0.05, 0.1) is 6.54 Å². The summed E-state index contributed by atoms with van der Waals surface area (Å²) < 4.78 is 0. The average Bonchev–Trinajstić information content (AvgIpc) is 3.64. The van der Waals surface area contributed by atoms with Crippen LogP contribution in [0.15, 0.2) is 30.3 Å². The van der Waals surface area contributed by atoms with Crippen LogP contribution in [-0.2, 0) is 9.59 Å². The lowest BCUT2D eigenvalue weighted by Gasteiger charge is -2.34. The highest BCUT2D eigenvalue weighted by atomic mass is 16.7. The monoisotopic (exact) mass is 838 g/mol. The van der Waals surface area contributed by atoms with Gasteiger partial charge in [0.15, 0.2) is 0 Å². The van der Waals surface area contributed by atoms with E-state index in [0.717, 1.165) is 45.2 Å². The second kappa shape index (κ2) is 32.5. The first-order valence-corrected chi connectivity index (χ1v) is 19.7. The van der Waals surface area contributed by atoms with E-state index in [9.17, 15) is 9.59 Å². The molecule has 3 saturated carbocycles. The highest BCUT2D eigenvalue weighted by Gasteiger charge is 2.49. The first-order chi connectivity index (χ1) is 30.5. The van der Waals surface area contributed by atoms with E-state index in [-0.39, 0.29) is 42.3 Å². The quantitative estimate of drug-likeness (QED) is 0.127. The van der Waals surface area contributed by atoms with Crippen molar-refractivity contribution in [3.05, 3.63) is 56.3 Å². The third-order valence-electron chi connectivity index (χ3n) is 10.3. The number of nitrogens with one attached hydrogen (secondary N) is 2. The normalized spacial score (nSPS) is 17.9. The van der Waals surface area contributed by atoms with Crippen molar-refractivity contribution in [2.45, 2.75) is 76.2 Å². The molecular formula is C53H67N5O4. The van der Waals surface area contributed by atoms with Gasteiger partial charge in [-0.05, 0) is 180 Å². The molecule has 9 nitrogen and oxygen atoms in total. The molecule has 1 heterocycles. The zero-order valence-electron chi connectivity index (χ0n) is 34.2. The van der Waals surface area contributed by atoms with Gasteiger partial charge < -0.3 is 5.32 Å². The molecule has 0 bridgehead atoms. The van der Waals surface area contributed by atoms with Crippen molar-refractivity contribution in [2.75, 3.05) is 19.6 Å². The van der Waals surface area contributed by atoms with Crippen LogP contribution in [0.25, 0.3) is 10.4 Å². The van der Waals surface area contributed by atoms with E-state index in [0.29, 0.717) is 30.1 Å². The van der Waals surface area contributed by atoms with Gasteiger partial charge in [-0.3, -0.25) is 14.5 Å². The Balaban J connectivity index is -0.0000000849. The molecule has 2 N–H and O–H groups in total. The van der Waals surface area contributed by atoms with Crippen LogP contribution in [-0.4, -0.2) is 42.3 Å². The van der Waals surface area contributed by atoms with E-state index in [2.05, 4.69) is 183 Å². The molecule has 4 atom stereocenters. The molecule has 0 spiro atoms. The highest BCUT2D eigenvalue weighted by molar-refractivity contribution is 5.86. The van der Waals surface area contributed by atoms with E-state index in [1.54, 1.807) is 4.91 Å². The summed E-state index contributed by atoms with van der Waals surface area (Å²) in [4.78, 5) is 44.3. The predicted molar refractivity (Wildman–Crippen MR) is 270 cm³/mol. The maximum atomic E-state index is 13.2. The number of ketones is 1. The fourth-order valence-corrected chi connectivity index (χ4v) is 7.55. The topological polar surface area (TPSA) is 144 Å². The Kier molecular flexibility index (Phi) is 26.0. The van der Waals surface area contributed by atoms with Gasteiger partial charge in [0, 0.05) is 93.7 Å². The van der Waals surface area contributed by atoms with Crippen molar-refractivity contribution in [1.82, 2.24) is 10.2 Å². The van der Waals surface area contributed by atoms with Gasteiger partial charge in [0.25, 0.3) is 0 Å². The number of carbonyl (C=O) groups excluding carboxylic acids is 2. The number of benzene rings is 1. The van der Waals surface area contributed by atoms with Crippen LogP contribution in [0.2, 0.25) is 0 Å². The highest BCUT2D eigenvalue weighted by Crippen LogP contribution is 2.47. The summed E-state index contributed by atoms with van der Waals surface area (Å²) >= 11 is 0. The minimum absolute atomic E-state index is 0. The zero-order valence-corrected chi connectivity index (χ0v) is 34.2. The summed E-state index contributed by atoms with van der Waals surface area (Å²) in [6, 6.07) is 10.9. The van der Waals surface area contributed by atoms with Crippen molar-refractivity contribution in [2.24, 2.45) is 23.7 Å². The van der Waals surface area contributed by atoms with E-state index in [1.807, 2.05) is 0 Å². The standard InChI is InChI=1S/C27H38N2O2.C26H2.HN3.O2.13H2/c30-25(18-29-15-13-20(14-16-29)19-7-2-1-3-8-19)28-26-23-12-5-4-9-22(23)17-24(26)27(31)21-10-6-11-21;1-3-5-7-9-11-13-15-17-19-21-23-25-26-24-22-20-18-16-14-12-10-8-6-4-2;1-3-2;1-2;;;;;;;;;;;;;/h1-3,7-8,20-24,26H,4-6,9-18H2,(H,28,30);1-2H;1H;;13*1H. The number of terminal acetylenes is 2. The van der Waals surface area contributed by atoms with Crippen molar-refractivity contribution in [3.8, 4) is 155 Å². The fourth-order valence-electron chi connectivity index (χ4n) is 7.55. The molecule has 1 amide bonds. The number of nitrogens with zero attached hydrogens (tertiary/aromatic N) is 3. The van der Waals surface area contributed by atoms with Crippen LogP contribution in [0.5, 0.6) is 0 Å². The first-order valence-electron chi connectivity index (χ1n) is 19.7. The minimum atomic E-state index is 0. The molecule has 1 saturated heterocycles. The molecule has 1 aromatic carbocycles. The number of hydrogen-bond donors (Lipinski definition) is 2. The number of likely N-dealkylation sites (tertiary alicyclic amines) is 1. The number of carbonyl (C=O) groups is 2. The van der Waals surface area contributed by atoms with Crippen molar-refractivity contribution >= 4 is 11.7 Å². The Morgan fingerprint density at radius 1 is 0.661 bits per heavy atom. The van der Waals surface area contributed by atoms with Crippen LogP contribution >= 0.6 is 0 Å². The lowest BCUT2D eigenvalue weighted by atomic mass is 9.76. The molecule has 1 aromatic rings. The molecule has 1 aliphatic heterocycles. The molecule has 4 fully saturated rings. The van der Waals surface area contributed by atoms with E-state index in [1.165, 1.54) is 37.7 Å². The summed E-state index contributed by atoms with van der Waals surface area (Å²) in [5.74, 6) is 60.9. The van der Waals surface area contributed by atoms with Crippen molar-refractivity contribution in [1.29, 1.82) is 5.53 Å². The van der Waals surface area contributed by atoms with Gasteiger partial charge in [0.2, 0.25) is 5.91 Å². The van der Waals surface area contributed by atoms with E-state index in [4.69, 9.17) is 33.8 Å². The summed E-state index contributed by atoms with van der Waals surface area (Å²) in [5.41, 5.74) is 13.7. The molecule has 328 valence electrons. The summed E-state index contributed by atoms with van der Waals surface area (Å²) in [6.07, 6.45) is 21.4. The molecule has 5 rings (SSSR count). The molecule has 9 heteroatoms. The zero-order chi connectivity index (χ0) is 44.9. The Morgan fingerprint density at radius 2 is 1.08 bits per heavy atom. The Morgan fingerprint density at radius 3 is 1.48 bits per heavy atom. The Hall–Kier alpha value is -8.49. The number of piperidine rings is 1. The molecule has 4 aliphatic rings. The van der Waals surface area contributed by atoms with Crippen LogP contribution in [0.4, 0.5) is 0 Å². The number of amides is 1. The van der Waals surface area contributed by atoms with E-state index < -0.39 is 0 Å². The number of Topliss-reactive ketones (excluding diaryl/α,β-unsaturated/α-hetero) is 1. The van der Waals surface area contributed by atoms with Gasteiger partial charge in [-0.1, -0.05) is 56.0 Å². The SMILES string of the molecule is C#CC#CC#CC#CC#CC#CC#CC#CC#CC#CC#CC#CC#C.O=C(CN1CCC(c2ccccc2)CC1)NC1C(C(=O)C2CCC2)CC2CCCCC21.O=O.[HH].[HH].[HH].[HH].[HH].[HH].[HH].[HH].[HH].[HH].[HH].[HH].[HH].[N-]=[N+]=N. The predicted octanol–water partition coefficient (Wildman–Crippen LogP) is 8.98. The number of fused-ring (bicyclic) bond motifs is 1. The van der Waals surface area contributed by atoms with Gasteiger partial charge in [-0.2, -0.15) is 0 Å². The number of rotatable bonds is 6. The smallest absolute Gasteiger partial charge is 0.234 e. The second-order valence-electron chi connectivity index (χ2n) is 13.8. The first kappa shape index (κ1) is 49.7. The average molecular weight is 838 g/mol. The summed E-state index contributed by atoms with van der Waals surface area (Å²) in [5, 5.41) is 3.40. The van der Waals surface area contributed by atoms with Crippen LogP contribution in [0, 0.1) is 194 Å². The van der Waals surface area contributed by atoms with Crippen molar-refractivity contribution in [3.63, 3.8) is 0 Å². The third kappa shape index (κ3) is 19.8. The fraction of sp³-hybridized carbons (Fsp3) is 0.358. The molecule has 3 aliphatic carbocycles. The van der Waals surface area contributed by atoms with Crippen molar-refractivity contribution < 1.29 is 28.1 Å². The van der Waals surface area contributed by atoms with Crippen LogP contribution in [0.1, 0.15) is 94.2 Å². The molecule has 4 unspecified atom stereocenters. The second-order valence-corrected chi connectivity index (χ2v) is 13.8. The lowest BCUT2D eigenvalue weighted by molar-refractivity contribution is -0.130. The minimum Gasteiger partial charge on any atom is -0.351 e. The molecule has 0 aromatic heterocycles. The van der Waals surface area contributed by atoms with Crippen LogP contribution < -0.4 is 5.32 Å². The van der Waals surface area contributed by atoms with Gasteiger partial charge >= 0.3 is 0 Å². The van der Waals surface area contributed by atoms with E-state index >= 15 is 0 Å². The summed E-state index contributed by atoms with van der Waals surface area (Å²) in [7, 11) is 0. The maximum Gasteiger partial charge on any atom is 0.234 e. The number of hydrogen-bond acceptors (Lipinski definition) is 6. The molecule has 62 heavy (non-hydrogen) atoms. The lowest BCUT2D eigenvalue weighted by Crippen LogP contribution is -2.50. The third-order valence-corrected chi connectivity index (χ3v) is 10.3. The molecular weight excluding hydrogens is 771 g/mol. The Labute approximate surface area is 385 Å². The summed E-state index contributed by atoms with van der Waals surface area (Å²) in [6.45, 7) is 2.45. The van der Waals surface area contributed by atoms with Gasteiger partial charge in [-0.15, -0.1) is 18.4 Å². The van der Waals surface area contributed by atoms with Gasteiger partial charge in [-0.25, -0.2) is 0 Å². The van der Waals surface area contributed by atoms with Gasteiger partial charge in [0.1, 0.15) is 5.78 Å².